The van der Waals surface area contributed by atoms with Crippen LogP contribution in [-0.4, -0.2) is 24.1 Å². The van der Waals surface area contributed by atoms with Crippen molar-refractivity contribution in [3.8, 4) is 0 Å². The van der Waals surface area contributed by atoms with Crippen molar-refractivity contribution < 1.29 is 0 Å². The number of nitrogens with one attached hydrogen (secondary N) is 1. The molecule has 1 heterocycles. The van der Waals surface area contributed by atoms with E-state index in [1.807, 2.05) is 21.0 Å². The Balaban J connectivity index is 2.46. The summed E-state index contributed by atoms with van der Waals surface area (Å²) in [6.45, 7) is 6.24. The van der Waals surface area contributed by atoms with Gasteiger partial charge in [0, 0.05) is 25.3 Å². The molecule has 19 heavy (non-hydrogen) atoms. The number of rotatable bonds is 3. The first-order valence-corrected chi connectivity index (χ1v) is 6.34. The van der Waals surface area contributed by atoms with Crippen LogP contribution in [0, 0.1) is 20.8 Å². The minimum atomic E-state index is 0.862. The zero-order chi connectivity index (χ0) is 14.0. The molecule has 0 unspecified atom stereocenters. The van der Waals surface area contributed by atoms with Crippen molar-refractivity contribution in [2.75, 3.05) is 24.3 Å². The maximum atomic E-state index is 4.40. The minimum Gasteiger partial charge on any atom is -0.373 e. The second-order valence-electron chi connectivity index (χ2n) is 4.83. The molecule has 1 N–H and O–H groups in total. The average molecular weight is 256 g/mol. The lowest BCUT2D eigenvalue weighted by Gasteiger charge is -2.22. The monoisotopic (exact) mass is 256 g/mol. The quantitative estimate of drug-likeness (QED) is 0.915. The molecule has 1 aromatic heterocycles. The molecule has 0 spiro atoms. The lowest BCUT2D eigenvalue weighted by molar-refractivity contribution is 1.05. The van der Waals surface area contributed by atoms with Gasteiger partial charge < -0.3 is 10.2 Å². The molecule has 0 atom stereocenters. The van der Waals surface area contributed by atoms with E-state index in [-0.39, 0.29) is 0 Å². The van der Waals surface area contributed by atoms with Gasteiger partial charge in [-0.1, -0.05) is 6.07 Å². The van der Waals surface area contributed by atoms with Crippen LogP contribution in [0.2, 0.25) is 0 Å². The summed E-state index contributed by atoms with van der Waals surface area (Å²) in [4.78, 5) is 10.7. The van der Waals surface area contributed by atoms with E-state index in [9.17, 15) is 0 Å². The summed E-state index contributed by atoms with van der Waals surface area (Å²) in [5.41, 5.74) is 4.69. The zero-order valence-electron chi connectivity index (χ0n) is 12.2. The lowest BCUT2D eigenvalue weighted by Crippen LogP contribution is -2.14. The van der Waals surface area contributed by atoms with Crippen LogP contribution in [0.1, 0.15) is 16.7 Å². The lowest BCUT2D eigenvalue weighted by atomic mass is 10.1. The topological polar surface area (TPSA) is 41.1 Å². The summed E-state index contributed by atoms with van der Waals surface area (Å²) in [5, 5.41) is 3.09. The predicted octanol–water partition coefficient (Wildman–Crippen LogP) is 3.21. The van der Waals surface area contributed by atoms with Gasteiger partial charge in [-0.3, -0.25) is 0 Å². The number of anilines is 3. The highest BCUT2D eigenvalue weighted by Gasteiger charge is 2.12. The van der Waals surface area contributed by atoms with Gasteiger partial charge >= 0.3 is 0 Å². The second-order valence-corrected chi connectivity index (χ2v) is 4.83. The van der Waals surface area contributed by atoms with E-state index in [0.29, 0.717) is 0 Å². The van der Waals surface area contributed by atoms with Crippen LogP contribution in [-0.2, 0) is 0 Å². The molecule has 100 valence electrons. The zero-order valence-corrected chi connectivity index (χ0v) is 12.2. The van der Waals surface area contributed by atoms with Gasteiger partial charge in [0.05, 0.1) is 0 Å². The van der Waals surface area contributed by atoms with E-state index in [1.54, 1.807) is 6.33 Å². The Labute approximate surface area is 114 Å². The first-order chi connectivity index (χ1) is 9.02. The van der Waals surface area contributed by atoms with Crippen LogP contribution in [0.15, 0.2) is 24.5 Å². The molecule has 0 aliphatic rings. The number of hydrogen-bond donors (Lipinski definition) is 1. The first-order valence-electron chi connectivity index (χ1n) is 6.34. The molecule has 1 aromatic carbocycles. The summed E-state index contributed by atoms with van der Waals surface area (Å²) in [5.74, 6) is 1.78. The number of aromatic nitrogens is 2. The largest absolute Gasteiger partial charge is 0.373 e. The van der Waals surface area contributed by atoms with Gasteiger partial charge in [-0.15, -0.1) is 0 Å². The van der Waals surface area contributed by atoms with Crippen LogP contribution in [0.4, 0.5) is 17.3 Å². The van der Waals surface area contributed by atoms with E-state index < -0.39 is 0 Å². The van der Waals surface area contributed by atoms with Crippen molar-refractivity contribution in [3.63, 3.8) is 0 Å². The third-order valence-corrected chi connectivity index (χ3v) is 3.21. The number of aryl methyl sites for hydroxylation is 2. The Morgan fingerprint density at radius 2 is 1.63 bits per heavy atom. The fourth-order valence-electron chi connectivity index (χ4n) is 2.30. The molecule has 0 radical (unpaired) electrons. The van der Waals surface area contributed by atoms with Crippen molar-refractivity contribution in [2.24, 2.45) is 0 Å². The van der Waals surface area contributed by atoms with E-state index in [2.05, 4.69) is 52.2 Å². The highest BCUT2D eigenvalue weighted by atomic mass is 15.2. The van der Waals surface area contributed by atoms with Gasteiger partial charge in [0.2, 0.25) is 0 Å². The first kappa shape index (κ1) is 13.3. The average Bonchev–Trinajstić information content (AvgIpc) is 2.37. The van der Waals surface area contributed by atoms with E-state index in [0.717, 1.165) is 22.9 Å². The summed E-state index contributed by atoms with van der Waals surface area (Å²) in [7, 11) is 3.90. The van der Waals surface area contributed by atoms with Gasteiger partial charge in [-0.05, 0) is 44.0 Å². The Morgan fingerprint density at radius 3 is 2.21 bits per heavy atom. The smallest absolute Gasteiger partial charge is 0.141 e. The second kappa shape index (κ2) is 5.26. The highest BCUT2D eigenvalue weighted by molar-refractivity contribution is 5.67. The van der Waals surface area contributed by atoms with Crippen LogP contribution in [0.3, 0.4) is 0 Å². The van der Waals surface area contributed by atoms with E-state index in [4.69, 9.17) is 0 Å². The van der Waals surface area contributed by atoms with Crippen molar-refractivity contribution in [1.82, 2.24) is 9.97 Å². The molecule has 0 fully saturated rings. The van der Waals surface area contributed by atoms with Gasteiger partial charge in [0.15, 0.2) is 0 Å². The van der Waals surface area contributed by atoms with Crippen molar-refractivity contribution >= 4 is 17.3 Å². The normalized spacial score (nSPS) is 10.4. The third-order valence-electron chi connectivity index (χ3n) is 3.21. The van der Waals surface area contributed by atoms with Crippen molar-refractivity contribution in [3.05, 3.63) is 41.2 Å². The molecule has 0 bridgehead atoms. The summed E-state index contributed by atoms with van der Waals surface area (Å²) >= 11 is 0. The molecule has 0 aliphatic carbocycles. The molecule has 4 nitrogen and oxygen atoms in total. The van der Waals surface area contributed by atoms with E-state index in [1.165, 1.54) is 11.1 Å². The molecule has 0 amide bonds. The van der Waals surface area contributed by atoms with Crippen molar-refractivity contribution in [2.45, 2.75) is 20.8 Å². The summed E-state index contributed by atoms with van der Waals surface area (Å²) in [6, 6.07) is 6.49. The molecular weight excluding hydrogens is 236 g/mol. The van der Waals surface area contributed by atoms with Crippen LogP contribution < -0.4 is 10.2 Å². The van der Waals surface area contributed by atoms with Gasteiger partial charge in [-0.25, -0.2) is 9.97 Å². The number of benzene rings is 1. The van der Waals surface area contributed by atoms with Gasteiger partial charge in [0.1, 0.15) is 18.0 Å². The number of nitrogens with zero attached hydrogens (tertiary/aromatic N) is 3. The number of hydrogen-bond acceptors (Lipinski definition) is 4. The molecule has 0 aliphatic heterocycles. The molecular formula is C15H20N4. The SMILES string of the molecule is CNc1ncnc(N(C)c2cc(C)cc(C)c2)c1C. The Bertz CT molecular complexity index is 572. The van der Waals surface area contributed by atoms with E-state index >= 15 is 0 Å². The summed E-state index contributed by atoms with van der Waals surface area (Å²) in [6.07, 6.45) is 1.59. The Morgan fingerprint density at radius 1 is 1.00 bits per heavy atom. The minimum absolute atomic E-state index is 0.862. The third kappa shape index (κ3) is 2.67. The van der Waals surface area contributed by atoms with Crippen molar-refractivity contribution in [1.29, 1.82) is 0 Å². The predicted molar refractivity (Wildman–Crippen MR) is 80.3 cm³/mol. The fraction of sp³-hybridized carbons (Fsp3) is 0.333. The maximum absolute atomic E-state index is 4.40. The highest BCUT2D eigenvalue weighted by Crippen LogP contribution is 2.28. The fourth-order valence-corrected chi connectivity index (χ4v) is 2.30. The van der Waals surface area contributed by atoms with Crippen LogP contribution >= 0.6 is 0 Å². The van der Waals surface area contributed by atoms with Gasteiger partial charge in [-0.2, -0.15) is 0 Å². The van der Waals surface area contributed by atoms with Crippen LogP contribution in [0.5, 0.6) is 0 Å². The van der Waals surface area contributed by atoms with Gasteiger partial charge in [0.25, 0.3) is 0 Å². The molecule has 2 aromatic rings. The molecule has 0 saturated carbocycles. The standard InChI is InChI=1S/C15H20N4/c1-10-6-11(2)8-13(7-10)19(5)15-12(3)14(16-4)17-9-18-15/h6-9H,1-5H3,(H,16,17,18). The molecule has 2 rings (SSSR count). The molecule has 4 heteroatoms. The summed E-state index contributed by atoms with van der Waals surface area (Å²) < 4.78 is 0. The Kier molecular flexibility index (Phi) is 3.69. The molecule has 0 saturated heterocycles. The maximum Gasteiger partial charge on any atom is 0.141 e. The van der Waals surface area contributed by atoms with Crippen LogP contribution in [0.25, 0.3) is 0 Å². The Hall–Kier alpha value is -2.10.